The third kappa shape index (κ3) is 5.72. The predicted octanol–water partition coefficient (Wildman–Crippen LogP) is 2.14. The molecule has 1 aliphatic heterocycles. The monoisotopic (exact) mass is 567 g/mol. The fourth-order valence-corrected chi connectivity index (χ4v) is 6.33. The van der Waals surface area contributed by atoms with Crippen LogP contribution in [0.5, 0.6) is 5.75 Å². The van der Waals surface area contributed by atoms with Gasteiger partial charge in [0.2, 0.25) is 5.69 Å². The fourth-order valence-electron chi connectivity index (χ4n) is 4.39. The van der Waals surface area contributed by atoms with E-state index in [1.807, 2.05) is 0 Å². The summed E-state index contributed by atoms with van der Waals surface area (Å²) in [6, 6.07) is 8.00. The highest BCUT2D eigenvalue weighted by atomic mass is 32.2. The van der Waals surface area contributed by atoms with E-state index in [9.17, 15) is 22.0 Å². The van der Waals surface area contributed by atoms with E-state index in [1.165, 1.54) is 45.7 Å². The molecule has 2 heterocycles. The Bertz CT molecular complexity index is 1400. The molecule has 1 amide bonds. The average molecular weight is 568 g/mol. The standard InChI is InChI=1S/C25H28F2N4O7S/c1-30(2)23-20(26)14-17(15-21(23)27)31-16-38-22(28-31)4-3-11-37-18-5-7-19(8-6-18)39(34,35)25(24(32)29-33)9-12-36-13-10-25/h5-8,14-16H,3-4,9-13H2,1-2H3,(H-,29,32,33)/p+1. The van der Waals surface area contributed by atoms with Crippen LogP contribution in [0.15, 0.2) is 52.1 Å². The van der Waals surface area contributed by atoms with Crippen molar-refractivity contribution in [3.8, 4) is 11.4 Å². The highest BCUT2D eigenvalue weighted by molar-refractivity contribution is 7.93. The number of aryl methyl sites for hydroxylation is 1. The predicted molar refractivity (Wildman–Crippen MR) is 132 cm³/mol. The maximum Gasteiger partial charge on any atom is 0.368 e. The van der Waals surface area contributed by atoms with Gasteiger partial charge >= 0.3 is 6.39 Å². The summed E-state index contributed by atoms with van der Waals surface area (Å²) in [7, 11) is -1.04. The van der Waals surface area contributed by atoms with Crippen molar-refractivity contribution in [3.05, 3.63) is 60.3 Å². The lowest BCUT2D eigenvalue weighted by atomic mass is 9.98. The van der Waals surface area contributed by atoms with Gasteiger partial charge in [-0.1, -0.05) is 0 Å². The Labute approximate surface area is 223 Å². The van der Waals surface area contributed by atoms with Gasteiger partial charge in [-0.15, -0.1) is 0 Å². The highest BCUT2D eigenvalue weighted by Gasteiger charge is 2.52. The van der Waals surface area contributed by atoms with Gasteiger partial charge in [-0.25, -0.2) is 22.7 Å². The molecule has 1 aromatic heterocycles. The second-order valence-corrected chi connectivity index (χ2v) is 11.4. The number of hydrogen-bond donors (Lipinski definition) is 2. The molecule has 1 aliphatic rings. The van der Waals surface area contributed by atoms with E-state index in [-0.39, 0.29) is 48.9 Å². The lowest BCUT2D eigenvalue weighted by Crippen LogP contribution is -2.54. The Kier molecular flexibility index (Phi) is 8.47. The van der Waals surface area contributed by atoms with Crippen molar-refractivity contribution in [3.63, 3.8) is 0 Å². The molecule has 1 fully saturated rings. The minimum absolute atomic E-state index is 0.0730. The Morgan fingerprint density at radius 1 is 1.18 bits per heavy atom. The topological polar surface area (TPSA) is 135 Å². The Hall–Kier alpha value is -3.62. The summed E-state index contributed by atoms with van der Waals surface area (Å²) in [4.78, 5) is 13.6. The first kappa shape index (κ1) is 28.4. The van der Waals surface area contributed by atoms with Crippen LogP contribution in [-0.2, 0) is 25.8 Å². The van der Waals surface area contributed by atoms with E-state index < -0.39 is 32.1 Å². The van der Waals surface area contributed by atoms with Gasteiger partial charge in [-0.2, -0.15) is 0 Å². The van der Waals surface area contributed by atoms with Crippen LogP contribution in [0.25, 0.3) is 5.69 Å². The molecular weight excluding hydrogens is 538 g/mol. The van der Waals surface area contributed by atoms with Crippen molar-refractivity contribution in [1.82, 2.24) is 10.6 Å². The van der Waals surface area contributed by atoms with Gasteiger partial charge in [0.1, 0.15) is 11.4 Å². The Balaban J connectivity index is 1.34. The van der Waals surface area contributed by atoms with Gasteiger partial charge in [0.05, 0.1) is 23.6 Å². The molecule has 2 N–H and O–H groups in total. The van der Waals surface area contributed by atoms with Crippen LogP contribution in [-0.4, -0.2) is 63.3 Å². The maximum absolute atomic E-state index is 14.3. The van der Waals surface area contributed by atoms with Gasteiger partial charge in [0.25, 0.3) is 11.8 Å². The summed E-state index contributed by atoms with van der Waals surface area (Å²) < 4.78 is 70.9. The van der Waals surface area contributed by atoms with E-state index in [1.54, 1.807) is 14.1 Å². The minimum Gasteiger partial charge on any atom is -0.494 e. The number of sulfone groups is 1. The zero-order valence-electron chi connectivity index (χ0n) is 21.4. The first-order valence-electron chi connectivity index (χ1n) is 12.1. The summed E-state index contributed by atoms with van der Waals surface area (Å²) in [5.41, 5.74) is 1.51. The van der Waals surface area contributed by atoms with Gasteiger partial charge < -0.3 is 18.8 Å². The van der Waals surface area contributed by atoms with Gasteiger partial charge in [0.15, 0.2) is 26.2 Å². The fraction of sp³-hybridized carbons (Fsp3) is 0.400. The lowest BCUT2D eigenvalue weighted by molar-refractivity contribution is -0.660. The van der Waals surface area contributed by atoms with E-state index in [2.05, 4.69) is 5.10 Å². The van der Waals surface area contributed by atoms with Crippen LogP contribution in [0.3, 0.4) is 0 Å². The third-order valence-corrected chi connectivity index (χ3v) is 9.00. The summed E-state index contributed by atoms with van der Waals surface area (Å²) >= 11 is 0. The number of benzene rings is 2. The Morgan fingerprint density at radius 3 is 2.41 bits per heavy atom. The zero-order valence-corrected chi connectivity index (χ0v) is 22.2. The number of hydrogen-bond acceptors (Lipinski definition) is 9. The van der Waals surface area contributed by atoms with Crippen molar-refractivity contribution < 1.29 is 45.8 Å². The minimum atomic E-state index is -4.13. The maximum atomic E-state index is 14.3. The van der Waals surface area contributed by atoms with Crippen LogP contribution in [0, 0.1) is 11.6 Å². The molecule has 0 saturated carbocycles. The van der Waals surface area contributed by atoms with Crippen molar-refractivity contribution in [2.24, 2.45) is 0 Å². The van der Waals surface area contributed by atoms with E-state index >= 15 is 0 Å². The number of halogens is 2. The largest absolute Gasteiger partial charge is 0.494 e. The number of nitrogens with one attached hydrogen (secondary N) is 1. The number of nitrogens with zero attached hydrogens (tertiary/aromatic N) is 3. The summed E-state index contributed by atoms with van der Waals surface area (Å²) in [6.45, 7) is 0.410. The number of hydroxylamine groups is 1. The van der Waals surface area contributed by atoms with Crippen LogP contribution in [0.4, 0.5) is 14.5 Å². The SMILES string of the molecule is CN(C)c1c(F)cc(-[n+]2coc(CCCOc3ccc(S(=O)(=O)C4(C(=O)NO)CCOCC4)cc3)n2)cc1F. The van der Waals surface area contributed by atoms with Crippen molar-refractivity contribution >= 4 is 21.4 Å². The summed E-state index contributed by atoms with van der Waals surface area (Å²) in [6.07, 6.45) is 1.96. The van der Waals surface area contributed by atoms with E-state index in [0.717, 1.165) is 12.1 Å². The molecule has 4 rings (SSSR count). The molecule has 0 unspecified atom stereocenters. The number of carbonyl (C=O) groups excluding carboxylic acids is 1. The molecule has 39 heavy (non-hydrogen) atoms. The van der Waals surface area contributed by atoms with E-state index in [4.69, 9.17) is 19.1 Å². The van der Waals surface area contributed by atoms with Crippen molar-refractivity contribution in [2.75, 3.05) is 38.8 Å². The van der Waals surface area contributed by atoms with Gasteiger partial charge in [-0.05, 0) is 48.2 Å². The number of anilines is 1. The van der Waals surface area contributed by atoms with Crippen molar-refractivity contribution in [1.29, 1.82) is 0 Å². The number of carbonyl (C=O) groups is 1. The second-order valence-electron chi connectivity index (χ2n) is 9.19. The molecule has 1 saturated heterocycles. The van der Waals surface area contributed by atoms with Gasteiger partial charge in [0, 0.05) is 38.8 Å². The second kappa shape index (κ2) is 11.6. The summed E-state index contributed by atoms with van der Waals surface area (Å²) in [5.74, 6) is -1.69. The number of ether oxygens (including phenoxy) is 2. The number of aromatic nitrogens is 2. The smallest absolute Gasteiger partial charge is 0.368 e. The molecule has 3 aromatic rings. The van der Waals surface area contributed by atoms with Gasteiger partial charge in [-0.3, -0.25) is 10.0 Å². The summed E-state index contributed by atoms with van der Waals surface area (Å²) in [5, 5.41) is 13.4. The molecular formula is C25H29F2N4O7S+. The van der Waals surface area contributed by atoms with Crippen LogP contribution in [0.1, 0.15) is 25.2 Å². The number of rotatable bonds is 10. The first-order valence-corrected chi connectivity index (χ1v) is 13.6. The van der Waals surface area contributed by atoms with Crippen LogP contribution < -0.4 is 19.8 Å². The van der Waals surface area contributed by atoms with Crippen LogP contribution in [0.2, 0.25) is 0 Å². The molecule has 0 atom stereocenters. The first-order chi connectivity index (χ1) is 18.6. The average Bonchev–Trinajstić information content (AvgIpc) is 3.39. The molecule has 0 bridgehead atoms. The molecule has 11 nitrogen and oxygen atoms in total. The molecule has 210 valence electrons. The molecule has 2 aromatic carbocycles. The normalized spacial score (nSPS) is 15.1. The number of amides is 1. The zero-order chi connectivity index (χ0) is 28.2. The lowest BCUT2D eigenvalue weighted by Gasteiger charge is -2.34. The molecule has 0 aliphatic carbocycles. The third-order valence-electron chi connectivity index (χ3n) is 6.49. The Morgan fingerprint density at radius 2 is 1.82 bits per heavy atom. The molecule has 14 heteroatoms. The highest BCUT2D eigenvalue weighted by Crippen LogP contribution is 2.35. The molecule has 0 radical (unpaired) electrons. The van der Waals surface area contributed by atoms with E-state index in [0.29, 0.717) is 24.5 Å². The van der Waals surface area contributed by atoms with Crippen molar-refractivity contribution in [2.45, 2.75) is 35.3 Å². The van der Waals surface area contributed by atoms with Crippen LogP contribution >= 0.6 is 0 Å². The quantitative estimate of drug-likeness (QED) is 0.164. The molecule has 0 spiro atoms.